The van der Waals surface area contributed by atoms with E-state index in [1.807, 2.05) is 0 Å². The number of nitrogens with two attached hydrogens (primary N) is 1. The molecule has 3 nitrogen and oxygen atoms in total. The van der Waals surface area contributed by atoms with Crippen LogP contribution in [-0.2, 0) is 13.0 Å². The van der Waals surface area contributed by atoms with Gasteiger partial charge in [-0.1, -0.05) is 6.92 Å². The molecule has 1 rings (SSSR count). The van der Waals surface area contributed by atoms with E-state index < -0.39 is 0 Å². The summed E-state index contributed by atoms with van der Waals surface area (Å²) in [4.78, 5) is 6.81. The quantitative estimate of drug-likeness (QED) is 0.778. The predicted molar refractivity (Wildman–Crippen MR) is 61.5 cm³/mol. The smallest absolute Gasteiger partial charge is 0.0941 e. The average molecular weight is 213 g/mol. The van der Waals surface area contributed by atoms with Gasteiger partial charge in [0.2, 0.25) is 0 Å². The lowest BCUT2D eigenvalue weighted by atomic mass is 10.4. The van der Waals surface area contributed by atoms with Crippen molar-refractivity contribution < 1.29 is 0 Å². The van der Waals surface area contributed by atoms with Crippen molar-refractivity contribution in [2.75, 3.05) is 20.1 Å². The van der Waals surface area contributed by atoms with E-state index in [2.05, 4.69) is 29.2 Å². The molecule has 0 aliphatic heterocycles. The van der Waals surface area contributed by atoms with E-state index in [1.165, 1.54) is 12.1 Å². The molecule has 1 heterocycles. The SMILES string of the molecule is CCCN(C)Cc1csc(CCN)n1. The number of thiazole rings is 1. The van der Waals surface area contributed by atoms with Gasteiger partial charge < -0.3 is 10.6 Å². The third-order valence-electron chi connectivity index (χ3n) is 1.99. The first-order valence-corrected chi connectivity index (χ1v) is 5.96. The van der Waals surface area contributed by atoms with E-state index >= 15 is 0 Å². The summed E-state index contributed by atoms with van der Waals surface area (Å²) in [5.41, 5.74) is 6.65. The van der Waals surface area contributed by atoms with Crippen LogP contribution in [0, 0.1) is 0 Å². The number of aromatic nitrogens is 1. The Morgan fingerprint density at radius 2 is 2.36 bits per heavy atom. The van der Waals surface area contributed by atoms with Crippen molar-refractivity contribution in [2.24, 2.45) is 5.73 Å². The van der Waals surface area contributed by atoms with E-state index in [9.17, 15) is 0 Å². The Kier molecular flexibility index (Phi) is 5.07. The number of nitrogens with zero attached hydrogens (tertiary/aromatic N) is 2. The molecule has 0 saturated carbocycles. The molecular weight excluding hydrogens is 194 g/mol. The average Bonchev–Trinajstić information content (AvgIpc) is 2.53. The van der Waals surface area contributed by atoms with Crippen LogP contribution in [0.1, 0.15) is 24.0 Å². The van der Waals surface area contributed by atoms with Gasteiger partial charge in [-0.3, -0.25) is 0 Å². The number of hydrogen-bond acceptors (Lipinski definition) is 4. The highest BCUT2D eigenvalue weighted by atomic mass is 32.1. The molecule has 2 N–H and O–H groups in total. The maximum absolute atomic E-state index is 5.48. The number of rotatable bonds is 6. The largest absolute Gasteiger partial charge is 0.330 e. The summed E-state index contributed by atoms with van der Waals surface area (Å²) in [6.45, 7) is 4.97. The molecule has 1 aromatic heterocycles. The maximum atomic E-state index is 5.48. The van der Waals surface area contributed by atoms with Crippen molar-refractivity contribution in [2.45, 2.75) is 26.3 Å². The molecule has 0 amide bonds. The predicted octanol–water partition coefficient (Wildman–Crippen LogP) is 1.49. The summed E-state index contributed by atoms with van der Waals surface area (Å²) in [6, 6.07) is 0. The van der Waals surface area contributed by atoms with Gasteiger partial charge in [0, 0.05) is 18.3 Å². The molecule has 0 aliphatic carbocycles. The lowest BCUT2D eigenvalue weighted by molar-refractivity contribution is 0.324. The lowest BCUT2D eigenvalue weighted by Gasteiger charge is -2.12. The highest BCUT2D eigenvalue weighted by Gasteiger charge is 2.03. The second kappa shape index (κ2) is 6.11. The van der Waals surface area contributed by atoms with E-state index in [0.717, 1.165) is 24.5 Å². The molecule has 0 aliphatic rings. The van der Waals surface area contributed by atoms with Crippen molar-refractivity contribution in [3.8, 4) is 0 Å². The monoisotopic (exact) mass is 213 g/mol. The Morgan fingerprint density at radius 3 is 3.00 bits per heavy atom. The summed E-state index contributed by atoms with van der Waals surface area (Å²) in [6.07, 6.45) is 2.10. The second-order valence-corrected chi connectivity index (χ2v) is 4.45. The van der Waals surface area contributed by atoms with Crippen molar-refractivity contribution in [1.29, 1.82) is 0 Å². The Labute approximate surface area is 89.9 Å². The van der Waals surface area contributed by atoms with Crippen LogP contribution in [0.5, 0.6) is 0 Å². The molecule has 4 heteroatoms. The van der Waals surface area contributed by atoms with Crippen LogP contribution in [0.2, 0.25) is 0 Å². The van der Waals surface area contributed by atoms with E-state index in [4.69, 9.17) is 5.73 Å². The first-order valence-electron chi connectivity index (χ1n) is 5.08. The highest BCUT2D eigenvalue weighted by molar-refractivity contribution is 7.09. The standard InChI is InChI=1S/C10H19N3S/c1-3-6-13(2)7-9-8-14-10(12-9)4-5-11/h8H,3-7,11H2,1-2H3. The lowest BCUT2D eigenvalue weighted by Crippen LogP contribution is -2.18. The third-order valence-corrected chi connectivity index (χ3v) is 2.95. The van der Waals surface area contributed by atoms with Gasteiger partial charge in [0.15, 0.2) is 0 Å². The minimum atomic E-state index is 0.692. The zero-order valence-electron chi connectivity index (χ0n) is 8.99. The molecule has 0 radical (unpaired) electrons. The molecule has 0 spiro atoms. The fourth-order valence-electron chi connectivity index (χ4n) is 1.40. The molecule has 0 atom stereocenters. The molecule has 14 heavy (non-hydrogen) atoms. The third kappa shape index (κ3) is 3.74. The zero-order valence-corrected chi connectivity index (χ0v) is 9.81. The van der Waals surface area contributed by atoms with E-state index in [0.29, 0.717) is 6.54 Å². The van der Waals surface area contributed by atoms with Gasteiger partial charge in [0.05, 0.1) is 10.7 Å². The Balaban J connectivity index is 2.42. The summed E-state index contributed by atoms with van der Waals surface area (Å²) < 4.78 is 0. The van der Waals surface area contributed by atoms with Crippen LogP contribution in [0.15, 0.2) is 5.38 Å². The van der Waals surface area contributed by atoms with Gasteiger partial charge in [-0.2, -0.15) is 0 Å². The van der Waals surface area contributed by atoms with Crippen molar-refractivity contribution in [3.05, 3.63) is 16.1 Å². The minimum Gasteiger partial charge on any atom is -0.330 e. The van der Waals surface area contributed by atoms with Crippen molar-refractivity contribution in [3.63, 3.8) is 0 Å². The zero-order chi connectivity index (χ0) is 10.4. The van der Waals surface area contributed by atoms with Crippen LogP contribution in [0.25, 0.3) is 0 Å². The fourth-order valence-corrected chi connectivity index (χ4v) is 2.20. The van der Waals surface area contributed by atoms with Gasteiger partial charge in [0.25, 0.3) is 0 Å². The summed E-state index contributed by atoms with van der Waals surface area (Å²) >= 11 is 1.72. The van der Waals surface area contributed by atoms with Crippen LogP contribution in [0.4, 0.5) is 0 Å². The summed E-state index contributed by atoms with van der Waals surface area (Å²) in [7, 11) is 2.13. The Hall–Kier alpha value is -0.450. The summed E-state index contributed by atoms with van der Waals surface area (Å²) in [5.74, 6) is 0. The van der Waals surface area contributed by atoms with Crippen LogP contribution < -0.4 is 5.73 Å². The molecule has 1 aromatic rings. The normalized spacial score (nSPS) is 11.1. The summed E-state index contributed by atoms with van der Waals surface area (Å²) in [5, 5.41) is 3.30. The highest BCUT2D eigenvalue weighted by Crippen LogP contribution is 2.11. The van der Waals surface area contributed by atoms with Gasteiger partial charge in [-0.05, 0) is 26.6 Å². The molecule has 80 valence electrons. The van der Waals surface area contributed by atoms with Crippen molar-refractivity contribution in [1.82, 2.24) is 9.88 Å². The van der Waals surface area contributed by atoms with Crippen LogP contribution >= 0.6 is 11.3 Å². The Morgan fingerprint density at radius 1 is 1.57 bits per heavy atom. The molecule has 0 saturated heterocycles. The fraction of sp³-hybridized carbons (Fsp3) is 0.700. The molecular formula is C10H19N3S. The molecule has 0 fully saturated rings. The topological polar surface area (TPSA) is 42.1 Å². The second-order valence-electron chi connectivity index (χ2n) is 3.51. The first-order chi connectivity index (χ1) is 6.76. The number of hydrogen-bond donors (Lipinski definition) is 1. The molecule has 0 unspecified atom stereocenters. The van der Waals surface area contributed by atoms with E-state index in [-0.39, 0.29) is 0 Å². The molecule has 0 aromatic carbocycles. The van der Waals surface area contributed by atoms with Gasteiger partial charge in [-0.15, -0.1) is 11.3 Å². The van der Waals surface area contributed by atoms with Gasteiger partial charge in [0.1, 0.15) is 0 Å². The van der Waals surface area contributed by atoms with Crippen LogP contribution in [-0.4, -0.2) is 30.0 Å². The van der Waals surface area contributed by atoms with Gasteiger partial charge in [-0.25, -0.2) is 4.98 Å². The maximum Gasteiger partial charge on any atom is 0.0941 e. The molecule has 0 bridgehead atoms. The minimum absolute atomic E-state index is 0.692. The first kappa shape index (κ1) is 11.6. The Bertz CT molecular complexity index is 260. The van der Waals surface area contributed by atoms with E-state index in [1.54, 1.807) is 11.3 Å². The van der Waals surface area contributed by atoms with Crippen molar-refractivity contribution >= 4 is 11.3 Å². The van der Waals surface area contributed by atoms with Gasteiger partial charge >= 0.3 is 0 Å². The van der Waals surface area contributed by atoms with Crippen LogP contribution in [0.3, 0.4) is 0 Å².